The van der Waals surface area contributed by atoms with Gasteiger partial charge in [-0.05, 0) is 13.8 Å². The van der Waals surface area contributed by atoms with Crippen LogP contribution in [0.5, 0.6) is 0 Å². The molecule has 1 N–H and O–H groups in total. The number of hydrogen-bond acceptors (Lipinski definition) is 5. The van der Waals surface area contributed by atoms with E-state index < -0.39 is 23.8 Å². The minimum atomic E-state index is -1.13. The van der Waals surface area contributed by atoms with E-state index in [0.717, 1.165) is 0 Å². The maximum atomic E-state index is 9.93. The Kier molecular flexibility index (Phi) is 2.92. The highest BCUT2D eigenvalue weighted by Gasteiger charge is 2.60. The molecule has 0 aromatic carbocycles. The number of ether oxygens (including phenoxy) is 4. The van der Waals surface area contributed by atoms with E-state index in [9.17, 15) is 5.11 Å². The van der Waals surface area contributed by atoms with Crippen molar-refractivity contribution in [3.8, 4) is 0 Å². The monoisotopic (exact) mass is 250 g/mol. The van der Waals surface area contributed by atoms with Crippen LogP contribution in [0.15, 0.2) is 11.3 Å². The number of rotatable bonds is 2. The second kappa shape index (κ2) is 3.85. The highest BCUT2D eigenvalue weighted by Crippen LogP contribution is 2.43. The lowest BCUT2D eigenvalue weighted by Gasteiger charge is -2.36. The molecule has 1 saturated heterocycles. The third-order valence-electron chi connectivity index (χ3n) is 2.55. The predicted octanol–water partition coefficient (Wildman–Crippen LogP) is 0.952. The first kappa shape index (κ1) is 12.1. The topological polar surface area (TPSA) is 57.2 Å². The highest BCUT2D eigenvalue weighted by molar-refractivity contribution is 6.30. The summed E-state index contributed by atoms with van der Waals surface area (Å²) in [6.07, 6.45) is -0.390. The Bertz CT molecular complexity index is 316. The normalized spacial score (nSPS) is 41.2. The molecule has 2 aliphatic rings. The Morgan fingerprint density at radius 2 is 2.25 bits per heavy atom. The average molecular weight is 251 g/mol. The number of aliphatic hydroxyl groups is 1. The lowest BCUT2D eigenvalue weighted by atomic mass is 10.0. The fraction of sp³-hybridized carbons (Fsp3) is 0.800. The van der Waals surface area contributed by atoms with E-state index in [1.54, 1.807) is 13.8 Å². The molecule has 92 valence electrons. The average Bonchev–Trinajstić information content (AvgIpc) is 2.46. The van der Waals surface area contributed by atoms with Crippen LogP contribution in [-0.2, 0) is 18.9 Å². The van der Waals surface area contributed by atoms with Crippen LogP contribution in [-0.4, -0.2) is 42.6 Å². The van der Waals surface area contributed by atoms with Crippen molar-refractivity contribution in [3.63, 3.8) is 0 Å². The summed E-state index contributed by atoms with van der Waals surface area (Å²) < 4.78 is 21.7. The zero-order valence-electron chi connectivity index (χ0n) is 9.40. The second-order valence-electron chi connectivity index (χ2n) is 4.35. The molecule has 0 saturated carbocycles. The predicted molar refractivity (Wildman–Crippen MR) is 55.7 cm³/mol. The van der Waals surface area contributed by atoms with Gasteiger partial charge in [-0.3, -0.25) is 0 Å². The van der Waals surface area contributed by atoms with E-state index in [2.05, 4.69) is 0 Å². The summed E-state index contributed by atoms with van der Waals surface area (Å²) in [6, 6.07) is 0. The third-order valence-corrected chi connectivity index (χ3v) is 2.86. The molecule has 0 spiro atoms. The minimum absolute atomic E-state index is 0.152. The van der Waals surface area contributed by atoms with Crippen LogP contribution in [0.1, 0.15) is 13.8 Å². The molecule has 5 nitrogen and oxygen atoms in total. The van der Waals surface area contributed by atoms with Crippen LogP contribution in [0.2, 0.25) is 0 Å². The van der Waals surface area contributed by atoms with Gasteiger partial charge in [0.2, 0.25) is 0 Å². The van der Waals surface area contributed by atoms with Crippen LogP contribution in [0.4, 0.5) is 0 Å². The van der Waals surface area contributed by atoms with Crippen molar-refractivity contribution in [2.45, 2.75) is 37.6 Å². The largest absolute Gasteiger partial charge is 0.463 e. The molecular weight excluding hydrogens is 236 g/mol. The second-order valence-corrected chi connectivity index (χ2v) is 4.79. The van der Waals surface area contributed by atoms with Gasteiger partial charge >= 0.3 is 0 Å². The number of hydrogen-bond donors (Lipinski definition) is 1. The molecule has 3 atom stereocenters. The summed E-state index contributed by atoms with van der Waals surface area (Å²) in [5.74, 6) is -1.98. The molecule has 2 aliphatic heterocycles. The summed E-state index contributed by atoms with van der Waals surface area (Å²) in [6.45, 7) is 3.64. The molecule has 1 fully saturated rings. The number of aliphatic hydroxyl groups excluding tert-OH is 1. The van der Waals surface area contributed by atoms with Crippen LogP contribution < -0.4 is 0 Å². The van der Waals surface area contributed by atoms with Crippen molar-refractivity contribution < 1.29 is 24.1 Å². The number of methoxy groups -OCH3 is 1. The first-order valence-electron chi connectivity index (χ1n) is 4.98. The van der Waals surface area contributed by atoms with Crippen molar-refractivity contribution >= 4 is 11.6 Å². The standard InChI is InChI=1S/C10H15ClO5/c1-9(2)15-8-7(12)6(11)4-14-10(8,16-9)5-13-3/h4,7-8,12H,5H2,1-3H3. The lowest BCUT2D eigenvalue weighted by Crippen LogP contribution is -2.53. The van der Waals surface area contributed by atoms with Gasteiger partial charge in [0.25, 0.3) is 5.79 Å². The zero-order valence-corrected chi connectivity index (χ0v) is 10.2. The fourth-order valence-electron chi connectivity index (χ4n) is 2.01. The van der Waals surface area contributed by atoms with E-state index in [1.807, 2.05) is 0 Å². The van der Waals surface area contributed by atoms with E-state index >= 15 is 0 Å². The van der Waals surface area contributed by atoms with Crippen LogP contribution >= 0.6 is 11.6 Å². The Balaban J connectivity index is 2.31. The Morgan fingerprint density at radius 1 is 1.56 bits per heavy atom. The summed E-state index contributed by atoms with van der Waals surface area (Å²) in [5.41, 5.74) is 0. The van der Waals surface area contributed by atoms with Crippen molar-refractivity contribution in [1.29, 1.82) is 0 Å². The fourth-order valence-corrected chi connectivity index (χ4v) is 2.17. The molecule has 0 bridgehead atoms. The van der Waals surface area contributed by atoms with E-state index in [4.69, 9.17) is 30.5 Å². The quantitative estimate of drug-likeness (QED) is 0.791. The van der Waals surface area contributed by atoms with Crippen molar-refractivity contribution in [1.82, 2.24) is 0 Å². The van der Waals surface area contributed by atoms with E-state index in [0.29, 0.717) is 0 Å². The Labute approximate surface area is 98.9 Å². The summed E-state index contributed by atoms with van der Waals surface area (Å²) in [4.78, 5) is 0. The summed E-state index contributed by atoms with van der Waals surface area (Å²) >= 11 is 5.80. The molecule has 2 rings (SSSR count). The molecular formula is C10H15ClO5. The SMILES string of the molecule is COCC12OC=C(Cl)C(O)C1OC(C)(C)O2. The third kappa shape index (κ3) is 1.83. The van der Waals surface area contributed by atoms with Gasteiger partial charge in [-0.25, -0.2) is 0 Å². The van der Waals surface area contributed by atoms with Gasteiger partial charge in [0.15, 0.2) is 11.9 Å². The Morgan fingerprint density at radius 3 is 2.88 bits per heavy atom. The number of fused-ring (bicyclic) bond motifs is 1. The smallest absolute Gasteiger partial charge is 0.265 e. The van der Waals surface area contributed by atoms with Gasteiger partial charge < -0.3 is 24.1 Å². The van der Waals surface area contributed by atoms with Gasteiger partial charge in [0.1, 0.15) is 19.0 Å². The lowest BCUT2D eigenvalue weighted by molar-refractivity contribution is -0.258. The zero-order chi connectivity index (χ0) is 12.0. The molecule has 0 aromatic heterocycles. The summed E-state index contributed by atoms with van der Waals surface area (Å²) in [7, 11) is 1.52. The molecule has 0 aliphatic carbocycles. The van der Waals surface area contributed by atoms with Gasteiger partial charge in [-0.1, -0.05) is 11.6 Å². The maximum Gasteiger partial charge on any atom is 0.265 e. The van der Waals surface area contributed by atoms with Crippen molar-refractivity contribution in [2.24, 2.45) is 0 Å². The minimum Gasteiger partial charge on any atom is -0.463 e. The van der Waals surface area contributed by atoms with Crippen LogP contribution in [0.25, 0.3) is 0 Å². The highest BCUT2D eigenvalue weighted by atomic mass is 35.5. The van der Waals surface area contributed by atoms with Gasteiger partial charge in [0, 0.05) is 7.11 Å². The Hall–Kier alpha value is -0.330. The maximum absolute atomic E-state index is 9.93. The van der Waals surface area contributed by atoms with E-state index in [1.165, 1.54) is 13.4 Å². The van der Waals surface area contributed by atoms with Gasteiger partial charge in [-0.15, -0.1) is 0 Å². The van der Waals surface area contributed by atoms with Gasteiger partial charge in [0.05, 0.1) is 5.03 Å². The molecule has 0 aromatic rings. The molecule has 0 amide bonds. The van der Waals surface area contributed by atoms with Crippen molar-refractivity contribution in [3.05, 3.63) is 11.3 Å². The summed E-state index contributed by atoms with van der Waals surface area (Å²) in [5, 5.41) is 10.1. The molecule has 6 heteroatoms. The molecule has 2 heterocycles. The first-order valence-corrected chi connectivity index (χ1v) is 5.36. The number of halogens is 1. The van der Waals surface area contributed by atoms with Gasteiger partial charge in [-0.2, -0.15) is 0 Å². The van der Waals surface area contributed by atoms with Crippen molar-refractivity contribution in [2.75, 3.05) is 13.7 Å². The molecule has 3 unspecified atom stereocenters. The van der Waals surface area contributed by atoms with Crippen LogP contribution in [0, 0.1) is 0 Å². The molecule has 16 heavy (non-hydrogen) atoms. The van der Waals surface area contributed by atoms with E-state index in [-0.39, 0.29) is 11.6 Å². The first-order chi connectivity index (χ1) is 7.40. The molecule has 0 radical (unpaired) electrons. The van der Waals surface area contributed by atoms with Crippen LogP contribution in [0.3, 0.4) is 0 Å².